The summed E-state index contributed by atoms with van der Waals surface area (Å²) in [6.07, 6.45) is 2.12. The first-order valence-electron chi connectivity index (χ1n) is 8.14. The Morgan fingerprint density at radius 1 is 1.35 bits per heavy atom. The highest BCUT2D eigenvalue weighted by atomic mass is 32.2. The molecule has 124 valence electrons. The predicted molar refractivity (Wildman–Crippen MR) is 91.4 cm³/mol. The van der Waals surface area contributed by atoms with Crippen LogP contribution in [0.4, 0.5) is 0 Å². The second-order valence-electron chi connectivity index (χ2n) is 6.14. The van der Waals surface area contributed by atoms with E-state index in [1.807, 2.05) is 31.2 Å². The average molecular weight is 333 g/mol. The molecule has 5 nitrogen and oxygen atoms in total. The summed E-state index contributed by atoms with van der Waals surface area (Å²) in [5.74, 6) is 0.391. The topological polar surface area (TPSA) is 61.4 Å². The second-order valence-corrected chi connectivity index (χ2v) is 7.16. The number of carbonyl (C=O) groups is 2. The fraction of sp³-hybridized carbons (Fsp3) is 0.529. The quantitative estimate of drug-likeness (QED) is 0.794. The highest BCUT2D eigenvalue weighted by molar-refractivity contribution is 8.00. The van der Waals surface area contributed by atoms with Crippen molar-refractivity contribution in [2.45, 2.75) is 36.7 Å². The molecule has 0 spiro atoms. The maximum atomic E-state index is 12.6. The van der Waals surface area contributed by atoms with Crippen molar-refractivity contribution >= 4 is 23.6 Å². The van der Waals surface area contributed by atoms with Gasteiger partial charge in [-0.05, 0) is 31.4 Å². The summed E-state index contributed by atoms with van der Waals surface area (Å²) >= 11 is 1.55. The first kappa shape index (κ1) is 16.3. The maximum Gasteiger partial charge on any atom is 0.244 e. The molecule has 23 heavy (non-hydrogen) atoms. The Morgan fingerprint density at radius 2 is 2.13 bits per heavy atom. The Morgan fingerprint density at radius 3 is 2.87 bits per heavy atom. The molecule has 1 saturated carbocycles. The van der Waals surface area contributed by atoms with Gasteiger partial charge in [0.1, 0.15) is 6.04 Å². The lowest BCUT2D eigenvalue weighted by Gasteiger charge is -2.35. The standard InChI is InChI=1S/C17H23N3O2S/c1-12-4-2-3-5-15(12)23-11-16(21)20-9-8-18-10-14(20)17(22)19-13-6-7-13/h2-5,13-14,18H,6-11H2,1H3,(H,19,22)/t14-/m0/s1. The van der Waals surface area contributed by atoms with Gasteiger partial charge in [0.05, 0.1) is 5.75 Å². The lowest BCUT2D eigenvalue weighted by atomic mass is 10.1. The van der Waals surface area contributed by atoms with Crippen molar-refractivity contribution in [3.8, 4) is 0 Å². The number of rotatable bonds is 5. The van der Waals surface area contributed by atoms with Gasteiger partial charge in [0.2, 0.25) is 11.8 Å². The minimum Gasteiger partial charge on any atom is -0.352 e. The minimum atomic E-state index is -0.380. The molecule has 1 saturated heterocycles. The number of carbonyl (C=O) groups excluding carboxylic acids is 2. The number of amides is 2. The van der Waals surface area contributed by atoms with Crippen LogP contribution in [0, 0.1) is 6.92 Å². The van der Waals surface area contributed by atoms with Gasteiger partial charge < -0.3 is 15.5 Å². The van der Waals surface area contributed by atoms with Crippen LogP contribution in [0.1, 0.15) is 18.4 Å². The zero-order valence-corrected chi connectivity index (χ0v) is 14.2. The van der Waals surface area contributed by atoms with Gasteiger partial charge >= 0.3 is 0 Å². The van der Waals surface area contributed by atoms with E-state index in [9.17, 15) is 9.59 Å². The van der Waals surface area contributed by atoms with E-state index >= 15 is 0 Å². The fourth-order valence-corrected chi connectivity index (χ4v) is 3.62. The van der Waals surface area contributed by atoms with Crippen molar-refractivity contribution in [3.05, 3.63) is 29.8 Å². The molecule has 6 heteroatoms. The van der Waals surface area contributed by atoms with Crippen molar-refractivity contribution in [1.82, 2.24) is 15.5 Å². The lowest BCUT2D eigenvalue weighted by Crippen LogP contribution is -2.60. The molecule has 2 N–H and O–H groups in total. The smallest absolute Gasteiger partial charge is 0.244 e. The molecule has 3 rings (SSSR count). The molecule has 0 aromatic heterocycles. The number of nitrogens with one attached hydrogen (secondary N) is 2. The number of hydrogen-bond donors (Lipinski definition) is 2. The molecule has 2 amide bonds. The largest absolute Gasteiger partial charge is 0.352 e. The van der Waals surface area contributed by atoms with Crippen LogP contribution < -0.4 is 10.6 Å². The zero-order chi connectivity index (χ0) is 16.2. The van der Waals surface area contributed by atoms with Crippen molar-refractivity contribution < 1.29 is 9.59 Å². The number of aryl methyl sites for hydroxylation is 1. The van der Waals surface area contributed by atoms with Crippen LogP contribution in [-0.4, -0.2) is 54.2 Å². The van der Waals surface area contributed by atoms with Crippen LogP contribution in [-0.2, 0) is 9.59 Å². The number of thioether (sulfide) groups is 1. The van der Waals surface area contributed by atoms with Gasteiger partial charge in [0.25, 0.3) is 0 Å². The highest BCUT2D eigenvalue weighted by Gasteiger charge is 2.34. The van der Waals surface area contributed by atoms with E-state index in [2.05, 4.69) is 10.6 Å². The van der Waals surface area contributed by atoms with Crippen molar-refractivity contribution in [2.75, 3.05) is 25.4 Å². The average Bonchev–Trinajstić information content (AvgIpc) is 3.38. The fourth-order valence-electron chi connectivity index (χ4n) is 2.70. The van der Waals surface area contributed by atoms with E-state index in [-0.39, 0.29) is 17.9 Å². The summed E-state index contributed by atoms with van der Waals surface area (Å²) in [6.45, 7) is 3.92. The molecule has 1 aliphatic heterocycles. The highest BCUT2D eigenvalue weighted by Crippen LogP contribution is 2.23. The summed E-state index contributed by atoms with van der Waals surface area (Å²) in [5, 5.41) is 6.23. The minimum absolute atomic E-state index is 0.0195. The molecule has 1 aromatic carbocycles. The van der Waals surface area contributed by atoms with Crippen LogP contribution in [0.3, 0.4) is 0 Å². The van der Waals surface area contributed by atoms with Crippen LogP contribution in [0.5, 0.6) is 0 Å². The maximum absolute atomic E-state index is 12.6. The number of hydrogen-bond acceptors (Lipinski definition) is 4. The third kappa shape index (κ3) is 4.26. The van der Waals surface area contributed by atoms with E-state index in [1.54, 1.807) is 16.7 Å². The van der Waals surface area contributed by atoms with Crippen molar-refractivity contribution in [3.63, 3.8) is 0 Å². The predicted octanol–water partition coefficient (Wildman–Crippen LogP) is 1.17. The van der Waals surface area contributed by atoms with Crippen molar-refractivity contribution in [1.29, 1.82) is 0 Å². The van der Waals surface area contributed by atoms with Gasteiger partial charge in [-0.15, -0.1) is 11.8 Å². The normalized spacial score (nSPS) is 21.1. The molecule has 0 bridgehead atoms. The molecule has 2 aliphatic rings. The van der Waals surface area contributed by atoms with E-state index in [0.717, 1.165) is 24.3 Å². The third-order valence-corrected chi connectivity index (χ3v) is 5.40. The Bertz CT molecular complexity index is 589. The molecule has 2 fully saturated rings. The SMILES string of the molecule is Cc1ccccc1SCC(=O)N1CCNC[C@H]1C(=O)NC1CC1. The number of benzene rings is 1. The molecular formula is C17H23N3O2S. The Kier molecular flexibility index (Phi) is 5.23. The van der Waals surface area contributed by atoms with Crippen LogP contribution >= 0.6 is 11.8 Å². The summed E-state index contributed by atoms with van der Waals surface area (Å²) < 4.78 is 0. The monoisotopic (exact) mass is 333 g/mol. The number of nitrogens with zero attached hydrogens (tertiary/aromatic N) is 1. The Labute approximate surface area is 141 Å². The molecule has 1 aliphatic carbocycles. The molecule has 1 heterocycles. The Hall–Kier alpha value is -1.53. The van der Waals surface area contributed by atoms with Crippen LogP contribution in [0.25, 0.3) is 0 Å². The van der Waals surface area contributed by atoms with E-state index in [0.29, 0.717) is 24.9 Å². The summed E-state index contributed by atoms with van der Waals surface area (Å²) in [4.78, 5) is 27.8. The first-order chi connectivity index (χ1) is 11.1. The molecule has 0 unspecified atom stereocenters. The summed E-state index contributed by atoms with van der Waals surface area (Å²) in [5.41, 5.74) is 1.17. The lowest BCUT2D eigenvalue weighted by molar-refractivity contribution is -0.139. The van der Waals surface area contributed by atoms with Gasteiger partial charge in [0.15, 0.2) is 0 Å². The molecule has 1 atom stereocenters. The molecular weight excluding hydrogens is 310 g/mol. The van der Waals surface area contributed by atoms with E-state index in [4.69, 9.17) is 0 Å². The zero-order valence-electron chi connectivity index (χ0n) is 13.4. The van der Waals surface area contributed by atoms with Crippen LogP contribution in [0.15, 0.2) is 29.2 Å². The van der Waals surface area contributed by atoms with Crippen LogP contribution in [0.2, 0.25) is 0 Å². The first-order valence-corrected chi connectivity index (χ1v) is 9.12. The van der Waals surface area contributed by atoms with Gasteiger partial charge in [-0.1, -0.05) is 18.2 Å². The third-order valence-electron chi connectivity index (χ3n) is 4.23. The second kappa shape index (κ2) is 7.36. The van der Waals surface area contributed by atoms with E-state index < -0.39 is 0 Å². The van der Waals surface area contributed by atoms with Gasteiger partial charge in [0, 0.05) is 30.6 Å². The van der Waals surface area contributed by atoms with Gasteiger partial charge in [-0.2, -0.15) is 0 Å². The summed E-state index contributed by atoms with van der Waals surface area (Å²) in [6, 6.07) is 8.00. The van der Waals surface area contributed by atoms with Gasteiger partial charge in [-0.3, -0.25) is 9.59 Å². The molecule has 0 radical (unpaired) electrons. The summed E-state index contributed by atoms with van der Waals surface area (Å²) in [7, 11) is 0. The Balaban J connectivity index is 1.59. The number of piperazine rings is 1. The van der Waals surface area contributed by atoms with E-state index in [1.165, 1.54) is 5.56 Å². The van der Waals surface area contributed by atoms with Gasteiger partial charge in [-0.25, -0.2) is 0 Å². The molecule has 1 aromatic rings. The van der Waals surface area contributed by atoms with Crippen molar-refractivity contribution in [2.24, 2.45) is 0 Å².